The van der Waals surface area contributed by atoms with Crippen molar-refractivity contribution in [1.82, 2.24) is 4.98 Å². The first-order chi connectivity index (χ1) is 13.5. The fourth-order valence-electron chi connectivity index (χ4n) is 2.60. The van der Waals surface area contributed by atoms with Crippen LogP contribution in [0, 0.1) is 5.82 Å². The molecule has 148 valence electrons. The molecule has 1 aromatic carbocycles. The third kappa shape index (κ3) is 5.05. The van der Waals surface area contributed by atoms with E-state index in [4.69, 9.17) is 4.74 Å². The highest BCUT2D eigenvalue weighted by Crippen LogP contribution is 2.23. The molecule has 9 heteroatoms. The van der Waals surface area contributed by atoms with Gasteiger partial charge in [-0.25, -0.2) is 14.2 Å². The number of hydrogen-bond donors (Lipinski definition) is 2. The molecule has 0 aliphatic carbocycles. The molecular weight excluding hydrogens is 433 g/mol. The molecule has 0 bridgehead atoms. The highest BCUT2D eigenvalue weighted by atomic mass is 79.9. The molecule has 0 unspecified atom stereocenters. The average Bonchev–Trinajstić information content (AvgIpc) is 2.63. The lowest BCUT2D eigenvalue weighted by Crippen LogP contribution is -2.34. The van der Waals surface area contributed by atoms with Crippen LogP contribution in [0.2, 0.25) is 0 Å². The molecule has 1 atom stereocenters. The summed E-state index contributed by atoms with van der Waals surface area (Å²) < 4.78 is 24.6. The van der Waals surface area contributed by atoms with Crippen LogP contribution in [0.3, 0.4) is 0 Å². The van der Waals surface area contributed by atoms with E-state index in [-0.39, 0.29) is 23.8 Å². The molecule has 1 fully saturated rings. The molecule has 2 N–H and O–H groups in total. The first kappa shape index (κ1) is 20.2. The lowest BCUT2D eigenvalue weighted by Gasteiger charge is -2.27. The Morgan fingerprint density at radius 1 is 1.36 bits per heavy atom. The maximum Gasteiger partial charge on any atom is 0.356 e. The molecule has 2 aromatic rings. The molecule has 0 radical (unpaired) electrons. The quantitative estimate of drug-likeness (QED) is 0.628. The molecular formula is C19H19BrFN3O4. The first-order valence-electron chi connectivity index (χ1n) is 8.65. The van der Waals surface area contributed by atoms with E-state index in [1.807, 2.05) is 0 Å². The molecule has 1 aliphatic heterocycles. The van der Waals surface area contributed by atoms with Gasteiger partial charge in [0.05, 0.1) is 25.3 Å². The van der Waals surface area contributed by atoms with Gasteiger partial charge in [0.25, 0.3) is 0 Å². The Hall–Kier alpha value is -2.52. The summed E-state index contributed by atoms with van der Waals surface area (Å²) in [5.41, 5.74) is 0.767. The van der Waals surface area contributed by atoms with Crippen molar-refractivity contribution in [3.8, 4) is 0 Å². The van der Waals surface area contributed by atoms with Gasteiger partial charge in [0.1, 0.15) is 5.82 Å². The first-order valence-corrected chi connectivity index (χ1v) is 9.44. The molecule has 1 aliphatic rings. The van der Waals surface area contributed by atoms with Crippen LogP contribution in [0.1, 0.15) is 22.5 Å². The van der Waals surface area contributed by atoms with Gasteiger partial charge < -0.3 is 20.1 Å². The van der Waals surface area contributed by atoms with Gasteiger partial charge in [0.2, 0.25) is 5.91 Å². The number of anilines is 2. The zero-order valence-corrected chi connectivity index (χ0v) is 16.7. The number of nitrogens with zero attached hydrogens (tertiary/aromatic N) is 1. The lowest BCUT2D eigenvalue weighted by molar-refractivity contribution is -0.115. The van der Waals surface area contributed by atoms with Crippen LogP contribution in [0.4, 0.5) is 15.9 Å². The van der Waals surface area contributed by atoms with Crippen LogP contribution in [-0.2, 0) is 20.7 Å². The summed E-state index contributed by atoms with van der Waals surface area (Å²) in [6.07, 6.45) is 0.848. The molecule has 0 saturated carbocycles. The number of nitrogens with one attached hydrogen (secondary N) is 2. The van der Waals surface area contributed by atoms with Crippen molar-refractivity contribution < 1.29 is 23.5 Å². The number of ether oxygens (including phenoxy) is 2. The molecule has 28 heavy (non-hydrogen) atoms. The molecule has 1 aromatic heterocycles. The Balaban J connectivity index is 1.74. The number of methoxy groups -OCH3 is 1. The summed E-state index contributed by atoms with van der Waals surface area (Å²) in [6.45, 7) is 1.20. The second kappa shape index (κ2) is 9.11. The molecule has 3 rings (SSSR count). The fourth-order valence-corrected chi connectivity index (χ4v) is 2.93. The largest absolute Gasteiger partial charge is 0.464 e. The standard InChI is InChI=1S/C19H19BrFN3O4/c1-27-19(26)16-5-4-15(18(24-16)22-10-13-6-7-28-13)23-17(25)8-11-2-3-12(20)9-14(11)21/h2-5,9,13H,6-8,10H2,1H3,(H,22,24)(H,23,25)/t13-/m0/s1. The maximum atomic E-state index is 14.0. The molecule has 2 heterocycles. The summed E-state index contributed by atoms with van der Waals surface area (Å²) >= 11 is 3.18. The number of aromatic nitrogens is 1. The Kier molecular flexibility index (Phi) is 6.58. The summed E-state index contributed by atoms with van der Waals surface area (Å²) in [5.74, 6) is -1.14. The number of benzene rings is 1. The number of pyridine rings is 1. The predicted octanol–water partition coefficient (Wildman–Crippen LogP) is 3.15. The van der Waals surface area contributed by atoms with Crippen LogP contribution in [-0.4, -0.2) is 43.2 Å². The highest BCUT2D eigenvalue weighted by molar-refractivity contribution is 9.10. The van der Waals surface area contributed by atoms with Crippen molar-refractivity contribution in [2.75, 3.05) is 30.9 Å². The van der Waals surface area contributed by atoms with Gasteiger partial charge in [0.15, 0.2) is 11.5 Å². The Labute approximate surface area is 169 Å². The van der Waals surface area contributed by atoms with Crippen molar-refractivity contribution in [3.05, 3.63) is 51.9 Å². The number of rotatable bonds is 7. The number of carbonyl (C=O) groups excluding carboxylic acids is 2. The van der Waals surface area contributed by atoms with Crippen molar-refractivity contribution in [3.63, 3.8) is 0 Å². The Bertz CT molecular complexity index is 889. The van der Waals surface area contributed by atoms with Crippen molar-refractivity contribution in [2.45, 2.75) is 18.9 Å². The van der Waals surface area contributed by atoms with Gasteiger partial charge in [-0.2, -0.15) is 0 Å². The summed E-state index contributed by atoms with van der Waals surface area (Å²) in [4.78, 5) is 28.4. The fraction of sp³-hybridized carbons (Fsp3) is 0.316. The van der Waals surface area contributed by atoms with E-state index in [2.05, 4.69) is 36.3 Å². The van der Waals surface area contributed by atoms with Crippen LogP contribution in [0.15, 0.2) is 34.8 Å². The normalized spacial score (nSPS) is 15.5. The van der Waals surface area contributed by atoms with E-state index in [1.165, 1.54) is 19.2 Å². The van der Waals surface area contributed by atoms with Gasteiger partial charge in [-0.05, 0) is 36.2 Å². The minimum absolute atomic E-state index is 0.0593. The predicted molar refractivity (Wildman–Crippen MR) is 105 cm³/mol. The van der Waals surface area contributed by atoms with Gasteiger partial charge in [-0.1, -0.05) is 22.0 Å². The van der Waals surface area contributed by atoms with Crippen LogP contribution in [0.25, 0.3) is 0 Å². The highest BCUT2D eigenvalue weighted by Gasteiger charge is 2.20. The smallest absolute Gasteiger partial charge is 0.356 e. The summed E-state index contributed by atoms with van der Waals surface area (Å²) in [5, 5.41) is 5.79. The minimum Gasteiger partial charge on any atom is -0.464 e. The second-order valence-corrected chi connectivity index (χ2v) is 7.12. The van der Waals surface area contributed by atoms with Crippen molar-refractivity contribution in [2.24, 2.45) is 0 Å². The third-order valence-electron chi connectivity index (χ3n) is 4.22. The van der Waals surface area contributed by atoms with E-state index in [1.54, 1.807) is 18.2 Å². The van der Waals surface area contributed by atoms with Crippen molar-refractivity contribution in [1.29, 1.82) is 0 Å². The van der Waals surface area contributed by atoms with E-state index >= 15 is 0 Å². The number of amides is 1. The zero-order chi connectivity index (χ0) is 20.1. The van der Waals surface area contributed by atoms with Gasteiger partial charge in [-0.3, -0.25) is 4.79 Å². The van der Waals surface area contributed by atoms with Gasteiger partial charge >= 0.3 is 5.97 Å². The average molecular weight is 452 g/mol. The number of esters is 1. The van der Waals surface area contributed by atoms with Crippen molar-refractivity contribution >= 4 is 39.3 Å². The SMILES string of the molecule is COC(=O)c1ccc(NC(=O)Cc2ccc(Br)cc2F)c(NC[C@@H]2CCO2)n1. The van der Waals surface area contributed by atoms with E-state index in [0.29, 0.717) is 29.1 Å². The van der Waals surface area contributed by atoms with Gasteiger partial charge in [-0.15, -0.1) is 0 Å². The number of carbonyl (C=O) groups is 2. The van der Waals surface area contributed by atoms with E-state index < -0.39 is 17.7 Å². The van der Waals surface area contributed by atoms with E-state index in [9.17, 15) is 14.0 Å². The molecule has 0 spiro atoms. The lowest BCUT2D eigenvalue weighted by atomic mass is 10.1. The number of halogens is 2. The summed E-state index contributed by atoms with van der Waals surface area (Å²) in [6, 6.07) is 7.53. The topological polar surface area (TPSA) is 89.5 Å². The molecule has 1 saturated heterocycles. The Morgan fingerprint density at radius 2 is 2.14 bits per heavy atom. The second-order valence-electron chi connectivity index (χ2n) is 6.21. The third-order valence-corrected chi connectivity index (χ3v) is 4.71. The monoisotopic (exact) mass is 451 g/mol. The van der Waals surface area contributed by atoms with Gasteiger partial charge in [0, 0.05) is 17.6 Å². The van der Waals surface area contributed by atoms with Crippen LogP contribution >= 0.6 is 15.9 Å². The number of hydrogen-bond acceptors (Lipinski definition) is 6. The van der Waals surface area contributed by atoms with E-state index in [0.717, 1.165) is 6.42 Å². The molecule has 1 amide bonds. The minimum atomic E-state index is -0.585. The maximum absolute atomic E-state index is 14.0. The summed E-state index contributed by atoms with van der Waals surface area (Å²) in [7, 11) is 1.27. The zero-order valence-electron chi connectivity index (χ0n) is 15.1. The molecule has 7 nitrogen and oxygen atoms in total. The van der Waals surface area contributed by atoms with Crippen LogP contribution in [0.5, 0.6) is 0 Å². The Morgan fingerprint density at radius 3 is 2.79 bits per heavy atom. The van der Waals surface area contributed by atoms with Crippen LogP contribution < -0.4 is 10.6 Å².